The second kappa shape index (κ2) is 7.98. The normalized spacial score (nSPS) is 19.8. The molecule has 1 fully saturated rings. The lowest BCUT2D eigenvalue weighted by Crippen LogP contribution is -2.42. The minimum Gasteiger partial charge on any atom is -0.480 e. The third-order valence-electron chi connectivity index (χ3n) is 3.04. The van der Waals surface area contributed by atoms with Crippen molar-refractivity contribution in [3.05, 3.63) is 0 Å². The van der Waals surface area contributed by atoms with E-state index in [1.807, 2.05) is 4.90 Å². The Balaban J connectivity index is 2.56. The number of hydrogen-bond donors (Lipinski definition) is 3. The summed E-state index contributed by atoms with van der Waals surface area (Å²) in [5.74, 6) is -4.05. The molecule has 19 heavy (non-hydrogen) atoms. The molecule has 1 aliphatic rings. The number of rotatable bonds is 5. The predicted octanol–water partition coefficient (Wildman–Crippen LogP) is -1.66. The zero-order valence-corrected chi connectivity index (χ0v) is 11.1. The van der Waals surface area contributed by atoms with Crippen LogP contribution in [-0.4, -0.2) is 73.4 Å². The average molecular weight is 271 g/mol. The van der Waals surface area contributed by atoms with E-state index >= 15 is 0 Å². The van der Waals surface area contributed by atoms with Gasteiger partial charge < -0.3 is 15.7 Å². The van der Waals surface area contributed by atoms with E-state index in [1.165, 1.54) is 0 Å². The Hall–Kier alpha value is -1.31. The Labute approximate surface area is 112 Å². The first-order valence-corrected chi connectivity index (χ1v) is 6.42. The van der Waals surface area contributed by atoms with Crippen molar-refractivity contribution in [1.82, 2.24) is 15.5 Å². The largest absolute Gasteiger partial charge is 0.480 e. The van der Waals surface area contributed by atoms with Crippen LogP contribution in [0.15, 0.2) is 0 Å². The number of nitrogens with zero attached hydrogens (tertiary/aromatic N) is 1. The second-order valence-corrected chi connectivity index (χ2v) is 4.62. The molecule has 0 spiro atoms. The van der Waals surface area contributed by atoms with Crippen molar-refractivity contribution in [1.29, 1.82) is 0 Å². The van der Waals surface area contributed by atoms with E-state index in [1.54, 1.807) is 0 Å². The van der Waals surface area contributed by atoms with E-state index < -0.39 is 23.5 Å². The fourth-order valence-corrected chi connectivity index (χ4v) is 2.02. The van der Waals surface area contributed by atoms with Gasteiger partial charge in [-0.25, -0.2) is 0 Å². The molecule has 7 heteroatoms. The number of carbonyl (C=O) groups is 3. The molecule has 0 bridgehead atoms. The molecular weight excluding hydrogens is 250 g/mol. The molecule has 1 rings (SSSR count). The van der Waals surface area contributed by atoms with Gasteiger partial charge in [-0.2, -0.15) is 0 Å². The van der Waals surface area contributed by atoms with Crippen molar-refractivity contribution in [3.63, 3.8) is 0 Å². The van der Waals surface area contributed by atoms with Crippen molar-refractivity contribution in [3.8, 4) is 0 Å². The van der Waals surface area contributed by atoms with Crippen LogP contribution in [0.1, 0.15) is 6.92 Å². The topological polar surface area (TPSA) is 98.7 Å². The smallest absolute Gasteiger partial charge is 0.321 e. The Bertz CT molecular complexity index is 322. The summed E-state index contributed by atoms with van der Waals surface area (Å²) < 4.78 is 0. The van der Waals surface area contributed by atoms with Gasteiger partial charge in [-0.1, -0.05) is 0 Å². The quantitative estimate of drug-likeness (QED) is 0.515. The van der Waals surface area contributed by atoms with Crippen LogP contribution in [0, 0.1) is 5.92 Å². The summed E-state index contributed by atoms with van der Waals surface area (Å²) in [5, 5.41) is 15.3. The van der Waals surface area contributed by atoms with E-state index in [0.29, 0.717) is 13.1 Å². The summed E-state index contributed by atoms with van der Waals surface area (Å²) in [6, 6.07) is 0. The Morgan fingerprint density at radius 1 is 1.11 bits per heavy atom. The molecule has 0 amide bonds. The number of ketones is 2. The standard InChI is InChI=1S/C12H21N3O4/c1-9(16)11(12(18)19)10(17)8-15-6-4-13-2-3-14-5-7-15/h11,13-14H,2-8H2,1H3,(H,18,19). The lowest BCUT2D eigenvalue weighted by atomic mass is 9.99. The Morgan fingerprint density at radius 3 is 2.05 bits per heavy atom. The molecule has 0 radical (unpaired) electrons. The number of carboxylic acid groups (broad SMARTS) is 1. The molecule has 1 unspecified atom stereocenters. The van der Waals surface area contributed by atoms with E-state index in [2.05, 4.69) is 10.6 Å². The lowest BCUT2D eigenvalue weighted by molar-refractivity contribution is -0.150. The molecular formula is C12H21N3O4. The Kier molecular flexibility index (Phi) is 6.61. The maximum absolute atomic E-state index is 11.9. The fourth-order valence-electron chi connectivity index (χ4n) is 2.02. The summed E-state index contributed by atoms with van der Waals surface area (Å²) in [7, 11) is 0. The molecule has 1 atom stereocenters. The monoisotopic (exact) mass is 271 g/mol. The molecule has 1 heterocycles. The third-order valence-corrected chi connectivity index (χ3v) is 3.04. The zero-order valence-electron chi connectivity index (χ0n) is 11.1. The highest BCUT2D eigenvalue weighted by atomic mass is 16.4. The molecule has 108 valence electrons. The van der Waals surface area contributed by atoms with Crippen molar-refractivity contribution in [2.45, 2.75) is 6.92 Å². The zero-order chi connectivity index (χ0) is 14.3. The molecule has 7 nitrogen and oxygen atoms in total. The summed E-state index contributed by atoms with van der Waals surface area (Å²) in [6.07, 6.45) is 0. The Morgan fingerprint density at radius 2 is 1.63 bits per heavy atom. The first-order valence-electron chi connectivity index (χ1n) is 6.42. The van der Waals surface area contributed by atoms with E-state index in [9.17, 15) is 14.4 Å². The second-order valence-electron chi connectivity index (χ2n) is 4.62. The molecule has 0 aromatic heterocycles. The summed E-state index contributed by atoms with van der Waals surface area (Å²) >= 11 is 0. The van der Waals surface area contributed by atoms with Gasteiger partial charge in [0.2, 0.25) is 0 Å². The number of carbonyl (C=O) groups excluding carboxylic acids is 2. The maximum atomic E-state index is 11.9. The number of Topliss-reactive ketones (excluding diaryl/α,β-unsaturated/α-hetero) is 2. The van der Waals surface area contributed by atoms with Gasteiger partial charge in [0.25, 0.3) is 0 Å². The highest BCUT2D eigenvalue weighted by molar-refractivity contribution is 6.16. The van der Waals surface area contributed by atoms with Crippen molar-refractivity contribution in [2.24, 2.45) is 5.92 Å². The molecule has 3 N–H and O–H groups in total. The van der Waals surface area contributed by atoms with Crippen LogP contribution in [0.5, 0.6) is 0 Å². The minimum atomic E-state index is -1.53. The van der Waals surface area contributed by atoms with Gasteiger partial charge >= 0.3 is 5.97 Å². The van der Waals surface area contributed by atoms with Gasteiger partial charge in [-0.3, -0.25) is 19.3 Å². The molecule has 0 saturated carbocycles. The van der Waals surface area contributed by atoms with E-state index in [-0.39, 0.29) is 6.54 Å². The fraction of sp³-hybridized carbons (Fsp3) is 0.750. The summed E-state index contributed by atoms with van der Waals surface area (Å²) in [4.78, 5) is 35.9. The van der Waals surface area contributed by atoms with Crippen LogP contribution in [-0.2, 0) is 14.4 Å². The van der Waals surface area contributed by atoms with Crippen molar-refractivity contribution < 1.29 is 19.5 Å². The van der Waals surface area contributed by atoms with Crippen LogP contribution >= 0.6 is 0 Å². The van der Waals surface area contributed by atoms with Gasteiger partial charge in [0, 0.05) is 39.3 Å². The van der Waals surface area contributed by atoms with Crippen molar-refractivity contribution in [2.75, 3.05) is 45.8 Å². The number of aliphatic carboxylic acids is 1. The predicted molar refractivity (Wildman–Crippen MR) is 69.0 cm³/mol. The number of nitrogens with one attached hydrogen (secondary N) is 2. The number of hydrogen-bond acceptors (Lipinski definition) is 6. The van der Waals surface area contributed by atoms with Crippen LogP contribution in [0.3, 0.4) is 0 Å². The average Bonchev–Trinajstić information content (AvgIpc) is 2.41. The first kappa shape index (κ1) is 15.7. The SMILES string of the molecule is CC(=O)C(C(=O)O)C(=O)CN1CCNCCNCC1. The van der Waals surface area contributed by atoms with E-state index in [0.717, 1.165) is 33.1 Å². The van der Waals surface area contributed by atoms with Gasteiger partial charge in [-0.05, 0) is 6.92 Å². The molecule has 0 aliphatic carbocycles. The molecule has 0 aromatic rings. The van der Waals surface area contributed by atoms with Crippen LogP contribution < -0.4 is 10.6 Å². The number of carboxylic acids is 1. The van der Waals surface area contributed by atoms with Crippen LogP contribution in [0.2, 0.25) is 0 Å². The maximum Gasteiger partial charge on any atom is 0.321 e. The van der Waals surface area contributed by atoms with Gasteiger partial charge in [-0.15, -0.1) is 0 Å². The van der Waals surface area contributed by atoms with Crippen LogP contribution in [0.4, 0.5) is 0 Å². The van der Waals surface area contributed by atoms with Gasteiger partial charge in [0.15, 0.2) is 17.5 Å². The minimum absolute atomic E-state index is 0.0000926. The third kappa shape index (κ3) is 5.46. The van der Waals surface area contributed by atoms with E-state index in [4.69, 9.17) is 5.11 Å². The first-order chi connectivity index (χ1) is 9.02. The highest BCUT2D eigenvalue weighted by Gasteiger charge is 2.31. The lowest BCUT2D eigenvalue weighted by Gasteiger charge is -2.21. The molecule has 1 saturated heterocycles. The van der Waals surface area contributed by atoms with Gasteiger partial charge in [0.1, 0.15) is 0 Å². The van der Waals surface area contributed by atoms with Gasteiger partial charge in [0.05, 0.1) is 6.54 Å². The molecule has 0 aromatic carbocycles. The highest BCUT2D eigenvalue weighted by Crippen LogP contribution is 2.03. The summed E-state index contributed by atoms with van der Waals surface area (Å²) in [5.41, 5.74) is 0. The molecule has 1 aliphatic heterocycles. The van der Waals surface area contributed by atoms with Crippen molar-refractivity contribution >= 4 is 17.5 Å². The van der Waals surface area contributed by atoms with Crippen LogP contribution in [0.25, 0.3) is 0 Å². The summed E-state index contributed by atoms with van der Waals surface area (Å²) in [6.45, 7) is 5.69.